The Hall–Kier alpha value is -3.33. The molecule has 1 amide bonds. The number of esters is 1. The molecule has 0 spiro atoms. The molecule has 0 saturated carbocycles. The number of benzene rings is 1. The molecule has 3 N–H and O–H groups in total. The van der Waals surface area contributed by atoms with E-state index in [4.69, 9.17) is 10.5 Å². The Morgan fingerprint density at radius 1 is 1.26 bits per heavy atom. The Balaban J connectivity index is 1.81. The predicted octanol–water partition coefficient (Wildman–Crippen LogP) is 3.43. The number of aliphatic hydroxyl groups excluding tert-OH is 1. The third-order valence-electron chi connectivity index (χ3n) is 6.08. The predicted molar refractivity (Wildman–Crippen MR) is 130 cm³/mol. The van der Waals surface area contributed by atoms with E-state index in [1.54, 1.807) is 17.8 Å². The van der Waals surface area contributed by atoms with Gasteiger partial charge in [-0.15, -0.1) is 0 Å². The Kier molecular flexibility index (Phi) is 8.22. The summed E-state index contributed by atoms with van der Waals surface area (Å²) in [4.78, 5) is 29.4. The van der Waals surface area contributed by atoms with E-state index >= 15 is 0 Å². The van der Waals surface area contributed by atoms with Crippen molar-refractivity contribution in [3.8, 4) is 0 Å². The van der Waals surface area contributed by atoms with Crippen molar-refractivity contribution in [3.05, 3.63) is 59.4 Å². The lowest BCUT2D eigenvalue weighted by atomic mass is 9.88. The molecule has 9 heteroatoms. The number of nitrogens with two attached hydrogens (primary N) is 1. The number of carbonyl (C=O) groups excluding carboxylic acids is 2. The normalized spacial score (nSPS) is 14.5. The smallest absolute Gasteiger partial charge is 0.340 e. The van der Waals surface area contributed by atoms with E-state index in [-0.39, 0.29) is 31.2 Å². The molecule has 0 aliphatic carbocycles. The summed E-state index contributed by atoms with van der Waals surface area (Å²) in [5, 5.41) is 16.1. The minimum atomic E-state index is -1.47. The second-order valence-electron chi connectivity index (χ2n) is 9.60. The summed E-state index contributed by atoms with van der Waals surface area (Å²) in [5.74, 6) is -2.03. The quantitative estimate of drug-likeness (QED) is 0.402. The van der Waals surface area contributed by atoms with Crippen molar-refractivity contribution < 1.29 is 23.8 Å². The van der Waals surface area contributed by atoms with E-state index in [1.807, 2.05) is 37.3 Å². The van der Waals surface area contributed by atoms with E-state index in [9.17, 15) is 19.1 Å². The molecule has 8 nitrogen and oxygen atoms in total. The molecule has 1 aromatic carbocycles. The van der Waals surface area contributed by atoms with Crippen molar-refractivity contribution >= 4 is 22.9 Å². The standard InChI is InChI=1S/C26H33FN4O4/c1-16-20-13-19(15-29-24(20)31(4)30-16)25(34)35-22(12-17-8-6-5-7-9-17)21(32)14-18(23(28)33)10-11-26(2,3)27/h5-9,13,15,18,21-22,32H,10-12,14H2,1-4H3,(H2,28,33)/t18-,21+,22+/m1/s1. The second-order valence-corrected chi connectivity index (χ2v) is 9.60. The molecular weight excluding hydrogens is 451 g/mol. The summed E-state index contributed by atoms with van der Waals surface area (Å²) in [7, 11) is 1.77. The van der Waals surface area contributed by atoms with Crippen LogP contribution in [0.25, 0.3) is 11.0 Å². The van der Waals surface area contributed by atoms with Gasteiger partial charge < -0.3 is 15.6 Å². The van der Waals surface area contributed by atoms with Crippen LogP contribution in [-0.4, -0.2) is 49.6 Å². The molecular formula is C26H33FN4O4. The van der Waals surface area contributed by atoms with Crippen LogP contribution in [-0.2, 0) is 23.0 Å². The van der Waals surface area contributed by atoms with Crippen molar-refractivity contribution in [1.82, 2.24) is 14.8 Å². The highest BCUT2D eigenvalue weighted by Crippen LogP contribution is 2.25. The number of primary amides is 1. The summed E-state index contributed by atoms with van der Waals surface area (Å²) in [6.45, 7) is 4.68. The first kappa shape index (κ1) is 26.3. The van der Waals surface area contributed by atoms with Gasteiger partial charge in [-0.2, -0.15) is 5.10 Å². The van der Waals surface area contributed by atoms with Crippen LogP contribution in [0.3, 0.4) is 0 Å². The van der Waals surface area contributed by atoms with Gasteiger partial charge in [0.2, 0.25) is 5.91 Å². The van der Waals surface area contributed by atoms with E-state index in [0.29, 0.717) is 5.65 Å². The van der Waals surface area contributed by atoms with Crippen LogP contribution in [0, 0.1) is 12.8 Å². The van der Waals surface area contributed by atoms with Gasteiger partial charge in [-0.1, -0.05) is 30.3 Å². The number of rotatable bonds is 11. The third kappa shape index (κ3) is 7.08. The summed E-state index contributed by atoms with van der Waals surface area (Å²) in [6, 6.07) is 10.9. The van der Waals surface area contributed by atoms with Crippen molar-refractivity contribution in [1.29, 1.82) is 0 Å². The number of hydrogen-bond acceptors (Lipinski definition) is 6. The molecule has 0 unspecified atom stereocenters. The molecule has 0 aliphatic heterocycles. The number of carbonyl (C=O) groups is 2. The summed E-state index contributed by atoms with van der Waals surface area (Å²) < 4.78 is 21.4. The van der Waals surface area contributed by atoms with E-state index in [1.165, 1.54) is 20.0 Å². The van der Waals surface area contributed by atoms with Gasteiger partial charge in [0.1, 0.15) is 11.8 Å². The Labute approximate surface area is 204 Å². The number of alkyl halides is 1. The minimum absolute atomic E-state index is 0.0464. The summed E-state index contributed by atoms with van der Waals surface area (Å²) in [6.07, 6.45) is -0.236. The van der Waals surface area contributed by atoms with Crippen LogP contribution >= 0.6 is 0 Å². The molecule has 2 aromatic heterocycles. The Morgan fingerprint density at radius 3 is 2.57 bits per heavy atom. The minimum Gasteiger partial charge on any atom is -0.456 e. The number of pyridine rings is 1. The van der Waals surface area contributed by atoms with Gasteiger partial charge in [0.25, 0.3) is 0 Å². The maximum atomic E-state index is 14.0. The number of fused-ring (bicyclic) bond motifs is 1. The van der Waals surface area contributed by atoms with Crippen molar-refractivity contribution in [2.24, 2.45) is 18.7 Å². The lowest BCUT2D eigenvalue weighted by molar-refractivity contribution is -0.124. The number of hydrogen-bond donors (Lipinski definition) is 2. The zero-order chi connectivity index (χ0) is 25.8. The van der Waals surface area contributed by atoms with Crippen molar-refractivity contribution in [2.45, 2.75) is 64.3 Å². The average Bonchev–Trinajstić information content (AvgIpc) is 3.08. The van der Waals surface area contributed by atoms with Crippen molar-refractivity contribution in [2.75, 3.05) is 0 Å². The molecule has 3 rings (SSSR count). The monoisotopic (exact) mass is 484 g/mol. The number of aliphatic hydroxyl groups is 1. The van der Waals surface area contributed by atoms with Crippen LogP contribution < -0.4 is 5.73 Å². The zero-order valence-corrected chi connectivity index (χ0v) is 20.6. The molecule has 188 valence electrons. The lowest BCUT2D eigenvalue weighted by Crippen LogP contribution is -2.38. The number of aromatic nitrogens is 3. The largest absolute Gasteiger partial charge is 0.456 e. The van der Waals surface area contributed by atoms with Crippen LogP contribution in [0.1, 0.15) is 54.7 Å². The SMILES string of the molecule is Cc1nn(C)c2ncc(C(=O)O[C@@H](Cc3ccccc3)[C@@H](O)C[C@@H](CCC(C)(C)F)C(N)=O)cc12. The number of nitrogens with zero attached hydrogens (tertiary/aromatic N) is 3. The molecule has 2 heterocycles. The highest BCUT2D eigenvalue weighted by atomic mass is 19.1. The van der Waals surface area contributed by atoms with Gasteiger partial charge in [0.05, 0.1) is 17.4 Å². The lowest BCUT2D eigenvalue weighted by Gasteiger charge is -2.27. The van der Waals surface area contributed by atoms with Gasteiger partial charge in [-0.05, 0) is 51.7 Å². The van der Waals surface area contributed by atoms with Crippen LogP contribution in [0.15, 0.2) is 42.6 Å². The highest BCUT2D eigenvalue weighted by Gasteiger charge is 2.31. The molecule has 3 atom stereocenters. The van der Waals surface area contributed by atoms with Gasteiger partial charge in [-0.25, -0.2) is 14.2 Å². The van der Waals surface area contributed by atoms with Gasteiger partial charge in [0.15, 0.2) is 5.65 Å². The maximum Gasteiger partial charge on any atom is 0.340 e. The average molecular weight is 485 g/mol. The topological polar surface area (TPSA) is 120 Å². The van der Waals surface area contributed by atoms with Gasteiger partial charge in [0, 0.05) is 31.0 Å². The van der Waals surface area contributed by atoms with Crippen LogP contribution in [0.2, 0.25) is 0 Å². The molecule has 3 aromatic rings. The number of aryl methyl sites for hydroxylation is 2. The summed E-state index contributed by atoms with van der Waals surface area (Å²) >= 11 is 0. The third-order valence-corrected chi connectivity index (χ3v) is 6.08. The fraction of sp³-hybridized carbons (Fsp3) is 0.462. The van der Waals surface area contributed by atoms with Crippen molar-refractivity contribution in [3.63, 3.8) is 0 Å². The van der Waals surface area contributed by atoms with Crippen LogP contribution in [0.5, 0.6) is 0 Å². The number of amides is 1. The molecule has 0 fully saturated rings. The first-order chi connectivity index (χ1) is 16.4. The highest BCUT2D eigenvalue weighted by molar-refractivity contribution is 5.93. The maximum absolute atomic E-state index is 14.0. The molecule has 0 saturated heterocycles. The van der Waals surface area contributed by atoms with Gasteiger partial charge in [-0.3, -0.25) is 9.48 Å². The second kappa shape index (κ2) is 10.9. The summed E-state index contributed by atoms with van der Waals surface area (Å²) in [5.41, 5.74) is 6.51. The first-order valence-corrected chi connectivity index (χ1v) is 11.6. The molecule has 0 bridgehead atoms. The fourth-order valence-corrected chi connectivity index (χ4v) is 4.06. The van der Waals surface area contributed by atoms with E-state index < -0.39 is 35.7 Å². The molecule has 35 heavy (non-hydrogen) atoms. The molecule has 0 aliphatic rings. The van der Waals surface area contributed by atoms with E-state index in [2.05, 4.69) is 10.1 Å². The van der Waals surface area contributed by atoms with E-state index in [0.717, 1.165) is 16.6 Å². The number of halogens is 1. The Bertz CT molecular complexity index is 1170. The fourth-order valence-electron chi connectivity index (χ4n) is 4.06. The van der Waals surface area contributed by atoms with Crippen LogP contribution in [0.4, 0.5) is 4.39 Å². The zero-order valence-electron chi connectivity index (χ0n) is 20.6. The number of ether oxygens (including phenoxy) is 1. The van der Waals surface area contributed by atoms with Gasteiger partial charge >= 0.3 is 5.97 Å². The Morgan fingerprint density at radius 2 is 1.94 bits per heavy atom. The first-order valence-electron chi connectivity index (χ1n) is 11.6. The molecule has 0 radical (unpaired) electrons.